The van der Waals surface area contributed by atoms with E-state index in [0.29, 0.717) is 0 Å². The minimum Gasteiger partial charge on any atom is -0.741 e. The molecule has 0 aromatic heterocycles. The molecular formula is C18H18CuN6O2S2. The zero-order valence-electron chi connectivity index (χ0n) is 15.5. The van der Waals surface area contributed by atoms with Crippen LogP contribution < -0.4 is 20.1 Å². The third-order valence-electron chi connectivity index (χ3n) is 3.18. The molecule has 0 saturated heterocycles. The molecule has 0 aliphatic rings. The first kappa shape index (κ1) is 24.3. The van der Waals surface area contributed by atoms with Crippen molar-refractivity contribution in [1.29, 1.82) is 0 Å². The Hall–Kier alpha value is -2.72. The van der Waals surface area contributed by atoms with Gasteiger partial charge in [0.2, 0.25) is 0 Å². The Kier molecular flexibility index (Phi) is 11.3. The number of nitrogens with zero attached hydrogens (tertiary/aromatic N) is 4. The Morgan fingerprint density at radius 3 is 1.38 bits per heavy atom. The molecule has 1 radical (unpaired) electrons. The number of hydrogen-bond acceptors (Lipinski definition) is 8. The van der Waals surface area contributed by atoms with Gasteiger partial charge in [-0.2, -0.15) is 20.4 Å². The van der Waals surface area contributed by atoms with Crippen LogP contribution in [-0.2, 0) is 42.3 Å². The van der Waals surface area contributed by atoms with Crippen LogP contribution in [0.25, 0.3) is 0 Å². The van der Waals surface area contributed by atoms with Crippen LogP contribution in [0.4, 0.5) is 11.4 Å². The summed E-state index contributed by atoms with van der Waals surface area (Å²) in [6, 6.07) is 14.5. The number of benzene rings is 2. The Labute approximate surface area is 190 Å². The molecule has 0 saturated carbocycles. The van der Waals surface area contributed by atoms with Gasteiger partial charge in [0.15, 0.2) is 0 Å². The van der Waals surface area contributed by atoms with Crippen LogP contribution in [0.15, 0.2) is 68.9 Å². The summed E-state index contributed by atoms with van der Waals surface area (Å²) < 4.78 is 10.2. The van der Waals surface area contributed by atoms with Crippen molar-refractivity contribution in [3.05, 3.63) is 48.5 Å². The summed E-state index contributed by atoms with van der Waals surface area (Å²) in [5.74, 6) is 1.51. The van der Waals surface area contributed by atoms with Crippen molar-refractivity contribution in [3.8, 4) is 11.5 Å². The predicted octanol–water partition coefficient (Wildman–Crippen LogP) is 3.00. The molecule has 0 fully saturated rings. The van der Waals surface area contributed by atoms with Crippen LogP contribution in [0.5, 0.6) is 11.5 Å². The zero-order valence-corrected chi connectivity index (χ0v) is 18.1. The van der Waals surface area contributed by atoms with Gasteiger partial charge in [-0.1, -0.05) is 0 Å². The summed E-state index contributed by atoms with van der Waals surface area (Å²) in [6.07, 6.45) is 2.70. The van der Waals surface area contributed by atoms with E-state index in [2.05, 4.69) is 31.0 Å². The second-order valence-corrected chi connectivity index (χ2v) is 5.82. The molecule has 0 aliphatic carbocycles. The first-order valence-corrected chi connectivity index (χ1v) is 8.79. The molecule has 11 heteroatoms. The average molecular weight is 478 g/mol. The summed E-state index contributed by atoms with van der Waals surface area (Å²) in [5, 5.41) is 21.5. The molecule has 0 spiro atoms. The molecule has 2 rings (SSSR count). The number of amidine groups is 2. The second-order valence-electron chi connectivity index (χ2n) is 5.05. The Morgan fingerprint density at radius 1 is 0.724 bits per heavy atom. The van der Waals surface area contributed by atoms with Gasteiger partial charge in [-0.3, -0.25) is 0 Å². The van der Waals surface area contributed by atoms with E-state index in [4.69, 9.17) is 34.7 Å². The van der Waals surface area contributed by atoms with Gasteiger partial charge < -0.3 is 45.4 Å². The molecule has 2 N–H and O–H groups in total. The molecule has 0 heterocycles. The van der Waals surface area contributed by atoms with Crippen LogP contribution >= 0.6 is 0 Å². The molecule has 2 aromatic rings. The van der Waals surface area contributed by atoms with Crippen molar-refractivity contribution >= 4 is 59.4 Å². The van der Waals surface area contributed by atoms with Crippen molar-refractivity contribution in [1.82, 2.24) is 0 Å². The van der Waals surface area contributed by atoms with E-state index in [1.807, 2.05) is 48.5 Å². The fraction of sp³-hybridized carbons (Fsp3) is 0.111. The standard InChI is InChI=1S/C18H20N6O2S2.Cu/c1-25-15-7-3-13(4-8-15)21-17(27)23-19-11-12-20-24-18(28)22-14-5-9-16(26-2)10-6-14;/h3-12H,1-2H3,(H2,21,23,27)(H2,22,24,28);/q;+2/p-2. The van der Waals surface area contributed by atoms with Crippen molar-refractivity contribution in [2.24, 2.45) is 20.4 Å². The van der Waals surface area contributed by atoms with E-state index in [9.17, 15) is 0 Å². The summed E-state index contributed by atoms with van der Waals surface area (Å²) in [7, 11) is 3.21. The monoisotopic (exact) mass is 477 g/mol. The molecule has 29 heavy (non-hydrogen) atoms. The van der Waals surface area contributed by atoms with Crippen molar-refractivity contribution < 1.29 is 26.5 Å². The molecule has 8 nitrogen and oxygen atoms in total. The van der Waals surface area contributed by atoms with Gasteiger partial charge >= 0.3 is 17.1 Å². The number of rotatable bonds is 7. The molecule has 0 amide bonds. The molecule has 0 aliphatic heterocycles. The van der Waals surface area contributed by atoms with Crippen molar-refractivity contribution in [3.63, 3.8) is 0 Å². The van der Waals surface area contributed by atoms with Gasteiger partial charge in [0.25, 0.3) is 0 Å². The molecule has 0 atom stereocenters. The Morgan fingerprint density at radius 2 is 1.07 bits per heavy atom. The first-order chi connectivity index (χ1) is 13.6. The quantitative estimate of drug-likeness (QED) is 0.209. The van der Waals surface area contributed by atoms with E-state index in [-0.39, 0.29) is 27.4 Å². The first-order valence-electron chi connectivity index (χ1n) is 7.97. The number of ether oxygens (including phenoxy) is 2. The van der Waals surface area contributed by atoms with Crippen LogP contribution in [-0.4, -0.2) is 37.0 Å². The number of methoxy groups -OCH3 is 2. The van der Waals surface area contributed by atoms with Gasteiger partial charge in [-0.15, -0.1) is 0 Å². The van der Waals surface area contributed by atoms with Crippen LogP contribution in [0, 0.1) is 0 Å². The average Bonchev–Trinajstić information content (AvgIpc) is 2.71. The van der Waals surface area contributed by atoms with Gasteiger partial charge in [-0.05, 0) is 48.5 Å². The fourth-order valence-electron chi connectivity index (χ4n) is 1.88. The van der Waals surface area contributed by atoms with Crippen LogP contribution in [0.2, 0.25) is 0 Å². The van der Waals surface area contributed by atoms with Crippen molar-refractivity contribution in [2.45, 2.75) is 0 Å². The molecular weight excluding hydrogens is 460 g/mol. The van der Waals surface area contributed by atoms with E-state index < -0.39 is 0 Å². The minimum atomic E-state index is 0. The topological polar surface area (TPSA) is 92.0 Å². The maximum atomic E-state index is 5.09. The molecule has 0 bridgehead atoms. The van der Waals surface area contributed by atoms with Crippen LogP contribution in [0.3, 0.4) is 0 Å². The maximum absolute atomic E-state index is 5.09. The Balaban J connectivity index is 0.00000420. The largest absolute Gasteiger partial charge is 2.00 e. The summed E-state index contributed by atoms with van der Waals surface area (Å²) in [5.41, 5.74) is 1.56. The number of nitrogens with one attached hydrogen (secondary N) is 2. The number of hydrogen-bond donors (Lipinski definition) is 2. The minimum absolute atomic E-state index is 0. The van der Waals surface area contributed by atoms with Crippen LogP contribution in [0.1, 0.15) is 0 Å². The van der Waals surface area contributed by atoms with Gasteiger partial charge in [0, 0.05) is 21.7 Å². The summed E-state index contributed by atoms with van der Waals surface area (Å²) in [4.78, 5) is 0. The van der Waals surface area contributed by atoms with E-state index in [0.717, 1.165) is 22.9 Å². The SMILES string of the molecule is COc1ccc(NC([S-])=NN=CC=NN=C([S-])Nc2ccc(OC)cc2)cc1.[Cu+2]. The molecule has 155 valence electrons. The molecule has 0 unspecified atom stereocenters. The van der Waals surface area contributed by atoms with Gasteiger partial charge in [0.1, 0.15) is 11.5 Å². The third-order valence-corrected chi connectivity index (χ3v) is 3.55. The van der Waals surface area contributed by atoms with E-state index in [1.54, 1.807) is 14.2 Å². The third kappa shape index (κ3) is 9.35. The second kappa shape index (κ2) is 13.5. The number of anilines is 2. The molecule has 2 aromatic carbocycles. The summed E-state index contributed by atoms with van der Waals surface area (Å²) >= 11 is 10.2. The summed E-state index contributed by atoms with van der Waals surface area (Å²) in [6.45, 7) is 0. The predicted molar refractivity (Wildman–Crippen MR) is 120 cm³/mol. The normalized spacial score (nSPS) is 11.9. The van der Waals surface area contributed by atoms with E-state index in [1.165, 1.54) is 12.4 Å². The van der Waals surface area contributed by atoms with E-state index >= 15 is 0 Å². The Bertz CT molecular complexity index is 797. The maximum Gasteiger partial charge on any atom is 2.00 e. The fourth-order valence-corrected chi connectivity index (χ4v) is 2.21. The smallest absolute Gasteiger partial charge is 0.741 e. The van der Waals surface area contributed by atoms with Gasteiger partial charge in [-0.25, -0.2) is 0 Å². The zero-order chi connectivity index (χ0) is 20.2. The van der Waals surface area contributed by atoms with Gasteiger partial charge in [0.05, 0.1) is 26.6 Å². The van der Waals surface area contributed by atoms with Crippen molar-refractivity contribution in [2.75, 3.05) is 24.9 Å².